The number of aromatic hydroxyl groups is 1. The molecule has 0 spiro atoms. The first-order chi connectivity index (χ1) is 9.65. The number of rotatable bonds is 3. The van der Waals surface area contributed by atoms with Crippen molar-refractivity contribution in [3.63, 3.8) is 0 Å². The van der Waals surface area contributed by atoms with Gasteiger partial charge in [0.25, 0.3) is 0 Å². The summed E-state index contributed by atoms with van der Waals surface area (Å²) >= 11 is 0. The van der Waals surface area contributed by atoms with Crippen LogP contribution in [0, 0.1) is 6.92 Å². The average Bonchev–Trinajstić information content (AvgIpc) is 2.77. The molecule has 0 aliphatic heterocycles. The van der Waals surface area contributed by atoms with Crippen LogP contribution in [0.4, 0.5) is 13.2 Å². The monoisotopic (exact) mass is 302 g/mol. The first-order valence-electron chi connectivity index (χ1n) is 6.30. The van der Waals surface area contributed by atoms with Crippen LogP contribution in [0.25, 0.3) is 0 Å². The number of aromatic nitrogens is 2. The maximum atomic E-state index is 10.4. The minimum absolute atomic E-state index is 0.188. The molecule has 2 rings (SSSR count). The molecular weight excluding hydrogens is 285 g/mol. The third-order valence-electron chi connectivity index (χ3n) is 2.46. The molecule has 1 N–H and O–H groups in total. The molecule has 21 heavy (non-hydrogen) atoms. The van der Waals surface area contributed by atoms with Crippen molar-refractivity contribution >= 4 is 0 Å². The van der Waals surface area contributed by atoms with Gasteiger partial charge in [0.2, 0.25) is 5.89 Å². The standard InChI is InChI=1S/C12H14N2O2.C2H3F3/c1-8(12-13-9(2)16-14-12)7-10-3-5-11(15)6-4-10;1-2(3,4)5/h3-6,8,15H,7H2,1-2H3;1H3/t8-;/m0./s1. The second-order valence-electron chi connectivity index (χ2n) is 4.72. The van der Waals surface area contributed by atoms with Gasteiger partial charge in [-0.25, -0.2) is 0 Å². The average molecular weight is 302 g/mol. The second kappa shape index (κ2) is 7.10. The maximum Gasteiger partial charge on any atom is 0.386 e. The van der Waals surface area contributed by atoms with E-state index in [2.05, 4.69) is 17.1 Å². The third kappa shape index (κ3) is 7.34. The van der Waals surface area contributed by atoms with Gasteiger partial charge in [0.15, 0.2) is 5.82 Å². The van der Waals surface area contributed by atoms with Gasteiger partial charge >= 0.3 is 6.18 Å². The quantitative estimate of drug-likeness (QED) is 0.931. The highest BCUT2D eigenvalue weighted by Gasteiger charge is 2.15. The summed E-state index contributed by atoms with van der Waals surface area (Å²) in [6.07, 6.45) is -3.17. The first-order valence-corrected chi connectivity index (χ1v) is 6.30. The zero-order chi connectivity index (χ0) is 16.0. The van der Waals surface area contributed by atoms with Gasteiger partial charge in [-0.05, 0) is 24.1 Å². The Morgan fingerprint density at radius 3 is 2.19 bits per heavy atom. The summed E-state index contributed by atoms with van der Waals surface area (Å²) in [6.45, 7) is 4.02. The van der Waals surface area contributed by atoms with E-state index in [0.29, 0.717) is 5.89 Å². The van der Waals surface area contributed by atoms with Gasteiger partial charge in [0.05, 0.1) is 0 Å². The molecular formula is C14H17F3N2O2. The fraction of sp³-hybridized carbons (Fsp3) is 0.429. The first kappa shape index (κ1) is 17.0. The SMILES string of the molecule is CC(F)(F)F.Cc1nc([C@@H](C)Cc2ccc(O)cc2)no1. The maximum absolute atomic E-state index is 10.4. The highest BCUT2D eigenvalue weighted by atomic mass is 19.4. The summed E-state index contributed by atoms with van der Waals surface area (Å²) in [5.74, 6) is 1.81. The van der Waals surface area contributed by atoms with E-state index >= 15 is 0 Å². The van der Waals surface area contributed by atoms with Gasteiger partial charge in [-0.1, -0.05) is 24.2 Å². The van der Waals surface area contributed by atoms with E-state index in [1.165, 1.54) is 0 Å². The molecule has 116 valence electrons. The highest BCUT2D eigenvalue weighted by Crippen LogP contribution is 2.19. The van der Waals surface area contributed by atoms with Crippen LogP contribution >= 0.6 is 0 Å². The predicted octanol–water partition coefficient (Wildman–Crippen LogP) is 4.00. The Labute approximate surface area is 120 Å². The lowest BCUT2D eigenvalue weighted by molar-refractivity contribution is -0.110. The Balaban J connectivity index is 0.000000383. The molecule has 7 heteroatoms. The zero-order valence-corrected chi connectivity index (χ0v) is 12.0. The van der Waals surface area contributed by atoms with E-state index in [4.69, 9.17) is 4.52 Å². The lowest BCUT2D eigenvalue weighted by Gasteiger charge is -2.06. The van der Waals surface area contributed by atoms with Gasteiger partial charge in [0, 0.05) is 19.8 Å². The van der Waals surface area contributed by atoms with Gasteiger partial charge in [0.1, 0.15) is 5.75 Å². The van der Waals surface area contributed by atoms with Crippen LogP contribution in [0.3, 0.4) is 0 Å². The van der Waals surface area contributed by atoms with Crippen molar-refractivity contribution in [3.05, 3.63) is 41.5 Å². The molecule has 0 saturated carbocycles. The molecule has 1 aromatic heterocycles. The molecule has 0 unspecified atom stereocenters. The molecule has 0 fully saturated rings. The van der Waals surface area contributed by atoms with Gasteiger partial charge in [-0.15, -0.1) is 0 Å². The van der Waals surface area contributed by atoms with Crippen molar-refractivity contribution in [1.29, 1.82) is 0 Å². The van der Waals surface area contributed by atoms with Crippen LogP contribution in [0.1, 0.15) is 37.0 Å². The van der Waals surface area contributed by atoms with Gasteiger partial charge in [-0.2, -0.15) is 18.2 Å². The second-order valence-corrected chi connectivity index (χ2v) is 4.72. The van der Waals surface area contributed by atoms with Crippen LogP contribution < -0.4 is 0 Å². The molecule has 1 atom stereocenters. The Bertz CT molecular complexity index is 544. The molecule has 0 aliphatic carbocycles. The van der Waals surface area contributed by atoms with Crippen LogP contribution in [-0.4, -0.2) is 21.4 Å². The number of hydrogen-bond donors (Lipinski definition) is 1. The van der Waals surface area contributed by atoms with Crippen molar-refractivity contribution in [3.8, 4) is 5.75 Å². The number of hydrogen-bond acceptors (Lipinski definition) is 4. The summed E-state index contributed by atoms with van der Waals surface area (Å²) in [6, 6.07) is 7.17. The van der Waals surface area contributed by atoms with Crippen LogP contribution in [0.5, 0.6) is 5.75 Å². The topological polar surface area (TPSA) is 59.2 Å². The molecule has 2 aromatic rings. The Morgan fingerprint density at radius 2 is 1.76 bits per heavy atom. The van der Waals surface area contributed by atoms with Crippen molar-refractivity contribution in [2.24, 2.45) is 0 Å². The van der Waals surface area contributed by atoms with Crippen LogP contribution in [0.2, 0.25) is 0 Å². The zero-order valence-electron chi connectivity index (χ0n) is 12.0. The van der Waals surface area contributed by atoms with E-state index in [9.17, 15) is 18.3 Å². The molecule has 1 heterocycles. The molecule has 1 aromatic carbocycles. The lowest BCUT2D eigenvalue weighted by atomic mass is 10.0. The summed E-state index contributed by atoms with van der Waals surface area (Å²) in [5.41, 5.74) is 1.15. The number of phenolic OH excluding ortho intramolecular Hbond substituents is 1. The summed E-state index contributed by atoms with van der Waals surface area (Å²) in [4.78, 5) is 4.20. The van der Waals surface area contributed by atoms with E-state index < -0.39 is 6.18 Å². The molecule has 0 aliphatic rings. The van der Waals surface area contributed by atoms with Crippen LogP contribution in [0.15, 0.2) is 28.8 Å². The van der Waals surface area contributed by atoms with Gasteiger partial charge in [-0.3, -0.25) is 0 Å². The highest BCUT2D eigenvalue weighted by molar-refractivity contribution is 5.26. The fourth-order valence-corrected chi connectivity index (χ4v) is 1.59. The van der Waals surface area contributed by atoms with Crippen LogP contribution in [-0.2, 0) is 6.42 Å². The fourth-order valence-electron chi connectivity index (χ4n) is 1.59. The number of phenols is 1. The van der Waals surface area contributed by atoms with Crippen molar-refractivity contribution in [2.75, 3.05) is 0 Å². The molecule has 0 bridgehead atoms. The summed E-state index contributed by atoms with van der Waals surface area (Å²) in [5, 5.41) is 13.1. The van der Waals surface area contributed by atoms with E-state index in [-0.39, 0.29) is 18.6 Å². The van der Waals surface area contributed by atoms with E-state index in [0.717, 1.165) is 17.8 Å². The Kier molecular flexibility index (Phi) is 5.75. The number of benzene rings is 1. The van der Waals surface area contributed by atoms with Crippen molar-refractivity contribution in [2.45, 2.75) is 39.3 Å². The molecule has 0 radical (unpaired) electrons. The summed E-state index contributed by atoms with van der Waals surface area (Å²) in [7, 11) is 0. The Hall–Kier alpha value is -2.05. The van der Waals surface area contributed by atoms with E-state index in [1.807, 2.05) is 12.1 Å². The third-order valence-corrected chi connectivity index (χ3v) is 2.46. The number of halogens is 3. The summed E-state index contributed by atoms with van der Waals surface area (Å²) < 4.78 is 36.0. The lowest BCUT2D eigenvalue weighted by Crippen LogP contribution is -2.00. The normalized spacial score (nSPS) is 12.5. The van der Waals surface area contributed by atoms with Crippen molar-refractivity contribution in [1.82, 2.24) is 10.1 Å². The molecule has 0 amide bonds. The molecule has 4 nitrogen and oxygen atoms in total. The van der Waals surface area contributed by atoms with Gasteiger partial charge < -0.3 is 9.63 Å². The minimum Gasteiger partial charge on any atom is -0.508 e. The smallest absolute Gasteiger partial charge is 0.386 e. The van der Waals surface area contributed by atoms with E-state index in [1.54, 1.807) is 19.1 Å². The van der Waals surface area contributed by atoms with Crippen molar-refractivity contribution < 1.29 is 22.8 Å². The predicted molar refractivity (Wildman–Crippen MR) is 71.0 cm³/mol. The molecule has 0 saturated heterocycles. The number of aryl methyl sites for hydroxylation is 1. The number of alkyl halides is 3. The Morgan fingerprint density at radius 1 is 1.24 bits per heavy atom. The number of nitrogens with zero attached hydrogens (tertiary/aromatic N) is 2. The largest absolute Gasteiger partial charge is 0.508 e. The minimum atomic E-state index is -4.00.